The Kier molecular flexibility index (Phi) is 9.33. The van der Waals surface area contributed by atoms with Crippen molar-refractivity contribution in [3.8, 4) is 0 Å². The number of esters is 1. The monoisotopic (exact) mass is 378 g/mol. The number of carbonyl (C=O) groups is 3. The lowest BCUT2D eigenvalue weighted by Crippen LogP contribution is -2.49. The summed E-state index contributed by atoms with van der Waals surface area (Å²) in [6.07, 6.45) is 1.43. The summed E-state index contributed by atoms with van der Waals surface area (Å²) >= 11 is 0. The van der Waals surface area contributed by atoms with Crippen LogP contribution in [0.4, 0.5) is 4.79 Å². The van der Waals surface area contributed by atoms with Crippen LogP contribution in [0.3, 0.4) is 0 Å². The van der Waals surface area contributed by atoms with Gasteiger partial charge in [0.15, 0.2) is 0 Å². The van der Waals surface area contributed by atoms with E-state index in [4.69, 9.17) is 9.47 Å². The first-order valence-corrected chi connectivity index (χ1v) is 9.18. The van der Waals surface area contributed by atoms with Crippen molar-refractivity contribution in [2.75, 3.05) is 6.54 Å². The third-order valence-electron chi connectivity index (χ3n) is 3.50. The van der Waals surface area contributed by atoms with Crippen molar-refractivity contribution in [2.45, 2.75) is 65.2 Å². The van der Waals surface area contributed by atoms with Crippen molar-refractivity contribution >= 4 is 18.0 Å². The summed E-state index contributed by atoms with van der Waals surface area (Å²) in [7, 11) is 0. The first kappa shape index (κ1) is 22.5. The average Bonchev–Trinajstić information content (AvgIpc) is 2.60. The molecule has 7 heteroatoms. The quantitative estimate of drug-likeness (QED) is 0.645. The predicted octanol–water partition coefficient (Wildman–Crippen LogP) is 2.93. The Labute approximate surface area is 160 Å². The molecular weight excluding hydrogens is 348 g/mol. The number of carbonyl (C=O) groups excluding carboxylic acids is 3. The van der Waals surface area contributed by atoms with Crippen LogP contribution in [0.1, 0.15) is 52.5 Å². The highest BCUT2D eigenvalue weighted by Crippen LogP contribution is 2.08. The van der Waals surface area contributed by atoms with Crippen LogP contribution in [-0.4, -0.2) is 36.2 Å². The van der Waals surface area contributed by atoms with Gasteiger partial charge in [-0.05, 0) is 32.8 Å². The third kappa shape index (κ3) is 10.2. The number of rotatable bonds is 9. The van der Waals surface area contributed by atoms with Gasteiger partial charge in [0.1, 0.15) is 24.8 Å². The molecule has 0 spiro atoms. The molecule has 0 bridgehead atoms. The zero-order valence-corrected chi connectivity index (χ0v) is 16.5. The molecule has 0 aliphatic rings. The molecule has 1 atom stereocenters. The second-order valence-electron chi connectivity index (χ2n) is 7.21. The maximum absolute atomic E-state index is 12.3. The van der Waals surface area contributed by atoms with Gasteiger partial charge in [-0.25, -0.2) is 4.79 Å². The molecule has 0 radical (unpaired) electrons. The molecule has 0 aliphatic carbocycles. The van der Waals surface area contributed by atoms with Crippen LogP contribution >= 0.6 is 0 Å². The van der Waals surface area contributed by atoms with Crippen LogP contribution in [0.2, 0.25) is 0 Å². The Balaban J connectivity index is 2.47. The second-order valence-corrected chi connectivity index (χ2v) is 7.21. The summed E-state index contributed by atoms with van der Waals surface area (Å²) in [5, 5.41) is 5.08. The summed E-state index contributed by atoms with van der Waals surface area (Å²) in [4.78, 5) is 36.1. The van der Waals surface area contributed by atoms with E-state index in [1.165, 1.54) is 0 Å². The first-order chi connectivity index (χ1) is 12.7. The van der Waals surface area contributed by atoms with Crippen molar-refractivity contribution in [1.82, 2.24) is 10.6 Å². The first-order valence-electron chi connectivity index (χ1n) is 9.18. The fourth-order valence-corrected chi connectivity index (χ4v) is 2.20. The maximum Gasteiger partial charge on any atom is 0.408 e. The van der Waals surface area contributed by atoms with E-state index in [0.29, 0.717) is 6.42 Å². The Bertz CT molecular complexity index is 611. The van der Waals surface area contributed by atoms with E-state index in [-0.39, 0.29) is 13.2 Å². The molecule has 0 fully saturated rings. The van der Waals surface area contributed by atoms with Gasteiger partial charge < -0.3 is 20.1 Å². The van der Waals surface area contributed by atoms with Crippen molar-refractivity contribution in [1.29, 1.82) is 0 Å². The number of hydrogen-bond acceptors (Lipinski definition) is 5. The molecule has 150 valence electrons. The molecule has 1 rings (SSSR count). The normalized spacial score (nSPS) is 12.0. The van der Waals surface area contributed by atoms with Crippen molar-refractivity contribution in [2.24, 2.45) is 0 Å². The van der Waals surface area contributed by atoms with Crippen LogP contribution in [0.5, 0.6) is 0 Å². The minimum absolute atomic E-state index is 0.144. The van der Waals surface area contributed by atoms with E-state index in [2.05, 4.69) is 10.6 Å². The fraction of sp³-hybridized carbons (Fsp3) is 0.550. The Morgan fingerprint density at radius 2 is 1.78 bits per heavy atom. The average molecular weight is 378 g/mol. The molecule has 1 aromatic rings. The molecule has 0 aromatic heterocycles. The number of nitrogens with one attached hydrogen (secondary N) is 2. The van der Waals surface area contributed by atoms with Gasteiger partial charge in [-0.1, -0.05) is 50.1 Å². The van der Waals surface area contributed by atoms with Crippen LogP contribution in [0, 0.1) is 0 Å². The number of benzene rings is 1. The number of hydrogen-bond donors (Lipinski definition) is 2. The fourth-order valence-electron chi connectivity index (χ4n) is 2.20. The van der Waals surface area contributed by atoms with E-state index in [1.54, 1.807) is 20.8 Å². The molecule has 0 saturated heterocycles. The van der Waals surface area contributed by atoms with Crippen LogP contribution in [0.25, 0.3) is 0 Å². The van der Waals surface area contributed by atoms with Gasteiger partial charge in [-0.2, -0.15) is 0 Å². The summed E-state index contributed by atoms with van der Waals surface area (Å²) in [6.45, 7) is 7.11. The lowest BCUT2D eigenvalue weighted by molar-refractivity contribution is -0.145. The molecule has 27 heavy (non-hydrogen) atoms. The summed E-state index contributed by atoms with van der Waals surface area (Å²) < 4.78 is 10.3. The summed E-state index contributed by atoms with van der Waals surface area (Å²) in [5.41, 5.74) is 0.210. The smallest absolute Gasteiger partial charge is 0.408 e. The molecular formula is C20H30N2O5. The summed E-state index contributed by atoms with van der Waals surface area (Å²) in [5.74, 6) is -0.982. The number of amides is 2. The topological polar surface area (TPSA) is 93.7 Å². The van der Waals surface area contributed by atoms with Crippen molar-refractivity contribution in [3.63, 3.8) is 0 Å². The summed E-state index contributed by atoms with van der Waals surface area (Å²) in [6, 6.07) is 8.51. The number of unbranched alkanes of at least 4 members (excludes halogenated alkanes) is 1. The highest BCUT2D eigenvalue weighted by atomic mass is 16.6. The molecule has 7 nitrogen and oxygen atoms in total. The van der Waals surface area contributed by atoms with Gasteiger partial charge in [-0.3, -0.25) is 9.59 Å². The molecule has 0 aliphatic heterocycles. The predicted molar refractivity (Wildman–Crippen MR) is 102 cm³/mol. The van der Waals surface area contributed by atoms with Gasteiger partial charge in [0, 0.05) is 0 Å². The van der Waals surface area contributed by atoms with E-state index in [9.17, 15) is 14.4 Å². The SMILES string of the molecule is CCCC[C@@H](NC(=O)OC(C)(C)C)C(=O)NCC(=O)OCc1ccccc1. The van der Waals surface area contributed by atoms with Crippen LogP contribution in [-0.2, 0) is 25.7 Å². The molecule has 0 unspecified atom stereocenters. The van der Waals surface area contributed by atoms with E-state index < -0.39 is 29.6 Å². The molecule has 2 amide bonds. The molecule has 0 saturated carbocycles. The highest BCUT2D eigenvalue weighted by molar-refractivity contribution is 5.88. The van der Waals surface area contributed by atoms with Crippen LogP contribution in [0.15, 0.2) is 30.3 Å². The van der Waals surface area contributed by atoms with Gasteiger partial charge >= 0.3 is 12.1 Å². The zero-order valence-electron chi connectivity index (χ0n) is 16.5. The largest absolute Gasteiger partial charge is 0.460 e. The van der Waals surface area contributed by atoms with Gasteiger partial charge in [0.25, 0.3) is 0 Å². The van der Waals surface area contributed by atoms with Crippen molar-refractivity contribution in [3.05, 3.63) is 35.9 Å². The van der Waals surface area contributed by atoms with Gasteiger partial charge in [0.2, 0.25) is 5.91 Å². The number of alkyl carbamates (subject to hydrolysis) is 1. The standard InChI is InChI=1S/C20H30N2O5/c1-5-6-12-16(22-19(25)27-20(2,3)4)18(24)21-13-17(23)26-14-15-10-8-7-9-11-15/h7-11,16H,5-6,12-14H2,1-4H3,(H,21,24)(H,22,25)/t16-/m1/s1. The second kappa shape index (κ2) is 11.2. The maximum atomic E-state index is 12.3. The van der Waals surface area contributed by atoms with E-state index >= 15 is 0 Å². The van der Waals surface area contributed by atoms with E-state index in [0.717, 1.165) is 18.4 Å². The molecule has 2 N–H and O–H groups in total. The molecule has 0 heterocycles. The molecule has 1 aromatic carbocycles. The van der Waals surface area contributed by atoms with Gasteiger partial charge in [0.05, 0.1) is 0 Å². The third-order valence-corrected chi connectivity index (χ3v) is 3.50. The Morgan fingerprint density at radius 1 is 1.11 bits per heavy atom. The lowest BCUT2D eigenvalue weighted by atomic mass is 10.1. The zero-order chi connectivity index (χ0) is 20.3. The minimum Gasteiger partial charge on any atom is -0.460 e. The van der Waals surface area contributed by atoms with Crippen LogP contribution < -0.4 is 10.6 Å². The Morgan fingerprint density at radius 3 is 2.37 bits per heavy atom. The van der Waals surface area contributed by atoms with Gasteiger partial charge in [-0.15, -0.1) is 0 Å². The highest BCUT2D eigenvalue weighted by Gasteiger charge is 2.24. The van der Waals surface area contributed by atoms with Crippen molar-refractivity contribution < 1.29 is 23.9 Å². The minimum atomic E-state index is -0.762. The van der Waals surface area contributed by atoms with E-state index in [1.807, 2.05) is 37.3 Å². The number of ether oxygens (including phenoxy) is 2. The Hall–Kier alpha value is -2.57. The lowest BCUT2D eigenvalue weighted by Gasteiger charge is -2.23.